The molecule has 0 aromatic rings. The molecule has 0 aromatic heterocycles. The van der Waals surface area contributed by atoms with Crippen molar-refractivity contribution in [1.82, 2.24) is 0 Å². The van der Waals surface area contributed by atoms with Gasteiger partial charge in [0.25, 0.3) is 0 Å². The molecule has 440 valence electrons. The number of unbranched alkanes of at least 4 members (excludes halogenated alkanes) is 30. The monoisotopic (exact) mass is 1070 g/mol. The summed E-state index contributed by atoms with van der Waals surface area (Å²) in [7, 11) is 0. The van der Waals surface area contributed by atoms with Crippen molar-refractivity contribution in [3.05, 3.63) is 36.5 Å². The highest BCUT2D eigenvalue weighted by atomic mass is 16.7. The summed E-state index contributed by atoms with van der Waals surface area (Å²) in [5, 5.41) is 72.4. The van der Waals surface area contributed by atoms with Crippen molar-refractivity contribution in [3.8, 4) is 0 Å². The predicted molar refractivity (Wildman–Crippen MR) is 298 cm³/mol. The molecular weight excluding hydrogens is 957 g/mol. The maximum absolute atomic E-state index is 13.1. The second kappa shape index (κ2) is 48.1. The fraction of sp³-hybridized carbons (Fsp3) is 0.885. The maximum atomic E-state index is 13.1. The van der Waals surface area contributed by atoms with E-state index in [1.807, 2.05) is 0 Å². The van der Waals surface area contributed by atoms with Gasteiger partial charge < -0.3 is 64.2 Å². The van der Waals surface area contributed by atoms with E-state index in [1.54, 1.807) is 0 Å². The number of allylic oxidation sites excluding steroid dienone is 6. The first-order chi connectivity index (χ1) is 36.6. The maximum Gasteiger partial charge on any atom is 0.306 e. The molecule has 0 aliphatic carbocycles. The molecule has 14 heteroatoms. The summed E-state index contributed by atoms with van der Waals surface area (Å²) in [5.41, 5.74) is 0. The molecule has 2 saturated heterocycles. The average Bonchev–Trinajstić information content (AvgIpc) is 3.41. The van der Waals surface area contributed by atoms with E-state index in [1.165, 1.54) is 167 Å². The van der Waals surface area contributed by atoms with E-state index < -0.39 is 80.7 Å². The van der Waals surface area contributed by atoms with Crippen molar-refractivity contribution in [3.63, 3.8) is 0 Å². The zero-order valence-corrected chi connectivity index (χ0v) is 47.3. The number of esters is 1. The number of carbonyl (C=O) groups is 1. The van der Waals surface area contributed by atoms with Gasteiger partial charge in [-0.2, -0.15) is 0 Å². The molecule has 11 atom stereocenters. The van der Waals surface area contributed by atoms with Crippen LogP contribution in [0.5, 0.6) is 0 Å². The van der Waals surface area contributed by atoms with Gasteiger partial charge in [-0.15, -0.1) is 0 Å². The Morgan fingerprint density at radius 2 is 0.827 bits per heavy atom. The van der Waals surface area contributed by atoms with E-state index in [-0.39, 0.29) is 25.6 Å². The molecule has 0 amide bonds. The van der Waals surface area contributed by atoms with Crippen LogP contribution in [0.4, 0.5) is 0 Å². The first-order valence-corrected chi connectivity index (χ1v) is 30.6. The summed E-state index contributed by atoms with van der Waals surface area (Å²) in [6.07, 6.45) is 40.6. The normalized spacial score (nSPS) is 24.8. The fourth-order valence-corrected chi connectivity index (χ4v) is 9.66. The molecule has 2 rings (SSSR count). The Bertz CT molecular complexity index is 1380. The average molecular weight is 1070 g/mol. The molecule has 0 saturated carbocycles. The topological polar surface area (TPSA) is 214 Å². The molecule has 2 heterocycles. The standard InChI is InChI=1S/C61H112O14/c1-3-5-7-9-11-13-15-17-19-21-22-23-24-25-26-27-29-31-33-35-37-39-41-43-45-70-47-50(73-53(63)44-42-40-38-36-34-32-30-28-20-18-16-14-12-10-8-6-4-2)48-71-60-59(69)57(67)55(65)52(75-60)49-72-61-58(68)56(66)54(64)51(46-62)74-61/h12,14,18,20-22,50-52,54-62,64-69H,3-11,13,15-17,19,23-49H2,1-2H3/b14-12-,20-18-,22-21-. The van der Waals surface area contributed by atoms with E-state index >= 15 is 0 Å². The SMILES string of the molecule is CCCCC/C=C\C/C=C\CCCCCCCCCC(=O)OC(COCCCCCCCCCCCCCC/C=C\CCCCCCCCCC)COC1OC(COC2OC(CO)C(O)C(O)C2O)C(O)C(O)C1O. The molecule has 0 radical (unpaired) electrons. The molecular formula is C61H112O14. The van der Waals surface area contributed by atoms with Gasteiger partial charge in [-0.05, 0) is 70.6 Å². The van der Waals surface area contributed by atoms with E-state index in [4.69, 9.17) is 28.4 Å². The molecule has 14 nitrogen and oxygen atoms in total. The van der Waals surface area contributed by atoms with Gasteiger partial charge in [0.05, 0.1) is 26.4 Å². The highest BCUT2D eigenvalue weighted by Gasteiger charge is 2.47. The quantitative estimate of drug-likeness (QED) is 0.0172. The smallest absolute Gasteiger partial charge is 0.306 e. The Morgan fingerprint density at radius 3 is 1.32 bits per heavy atom. The number of ether oxygens (including phenoxy) is 6. The van der Waals surface area contributed by atoms with Crippen molar-refractivity contribution in [2.75, 3.05) is 33.0 Å². The van der Waals surface area contributed by atoms with Crippen LogP contribution in [0, 0.1) is 0 Å². The lowest BCUT2D eigenvalue weighted by Gasteiger charge is -2.42. The van der Waals surface area contributed by atoms with Crippen LogP contribution < -0.4 is 0 Å². The molecule has 75 heavy (non-hydrogen) atoms. The lowest BCUT2D eigenvalue weighted by molar-refractivity contribution is -0.332. The van der Waals surface area contributed by atoms with E-state index in [0.717, 1.165) is 51.4 Å². The van der Waals surface area contributed by atoms with Gasteiger partial charge in [-0.25, -0.2) is 0 Å². The van der Waals surface area contributed by atoms with Crippen LogP contribution in [0.15, 0.2) is 36.5 Å². The molecule has 2 aliphatic heterocycles. The van der Waals surface area contributed by atoms with Gasteiger partial charge in [0.15, 0.2) is 12.6 Å². The van der Waals surface area contributed by atoms with Gasteiger partial charge in [0.1, 0.15) is 54.9 Å². The van der Waals surface area contributed by atoms with Crippen LogP contribution in [0.3, 0.4) is 0 Å². The molecule has 0 aromatic carbocycles. The van der Waals surface area contributed by atoms with Crippen molar-refractivity contribution >= 4 is 5.97 Å². The Kier molecular flexibility index (Phi) is 44.5. The van der Waals surface area contributed by atoms with E-state index in [0.29, 0.717) is 13.0 Å². The minimum atomic E-state index is -1.71. The number of aliphatic hydroxyl groups is 7. The lowest BCUT2D eigenvalue weighted by atomic mass is 9.98. The first kappa shape index (κ1) is 69.3. The van der Waals surface area contributed by atoms with Crippen LogP contribution in [0.25, 0.3) is 0 Å². The first-order valence-electron chi connectivity index (χ1n) is 30.6. The van der Waals surface area contributed by atoms with Crippen molar-refractivity contribution in [2.24, 2.45) is 0 Å². The number of carbonyl (C=O) groups excluding carboxylic acids is 1. The largest absolute Gasteiger partial charge is 0.457 e. The summed E-state index contributed by atoms with van der Waals surface area (Å²) in [5.74, 6) is -0.381. The molecule has 2 aliphatic rings. The predicted octanol–water partition coefficient (Wildman–Crippen LogP) is 11.3. The number of hydrogen-bond acceptors (Lipinski definition) is 14. The highest BCUT2D eigenvalue weighted by Crippen LogP contribution is 2.27. The van der Waals surface area contributed by atoms with Crippen molar-refractivity contribution in [1.29, 1.82) is 0 Å². The highest BCUT2D eigenvalue weighted by molar-refractivity contribution is 5.69. The summed E-state index contributed by atoms with van der Waals surface area (Å²) in [6.45, 7) is 3.69. The third-order valence-electron chi connectivity index (χ3n) is 14.6. The lowest BCUT2D eigenvalue weighted by Crippen LogP contribution is -2.61. The van der Waals surface area contributed by atoms with Crippen LogP contribution >= 0.6 is 0 Å². The fourth-order valence-electron chi connectivity index (χ4n) is 9.66. The molecule has 0 spiro atoms. The summed E-state index contributed by atoms with van der Waals surface area (Å²) >= 11 is 0. The van der Waals surface area contributed by atoms with Gasteiger partial charge in [-0.3, -0.25) is 4.79 Å². The number of rotatable bonds is 50. The Labute approximate surface area is 455 Å². The van der Waals surface area contributed by atoms with Crippen molar-refractivity contribution < 1.29 is 69.0 Å². The van der Waals surface area contributed by atoms with Crippen LogP contribution in [-0.2, 0) is 33.2 Å². The summed E-state index contributed by atoms with van der Waals surface area (Å²) in [4.78, 5) is 13.1. The van der Waals surface area contributed by atoms with Gasteiger partial charge >= 0.3 is 5.97 Å². The molecule has 11 unspecified atom stereocenters. The molecule has 0 bridgehead atoms. The van der Waals surface area contributed by atoms with Gasteiger partial charge in [0.2, 0.25) is 0 Å². The van der Waals surface area contributed by atoms with Gasteiger partial charge in [0, 0.05) is 13.0 Å². The second-order valence-electron chi connectivity index (χ2n) is 21.5. The van der Waals surface area contributed by atoms with E-state index in [2.05, 4.69) is 50.3 Å². The van der Waals surface area contributed by atoms with Crippen LogP contribution in [0.1, 0.15) is 245 Å². The zero-order valence-electron chi connectivity index (χ0n) is 47.3. The Morgan fingerprint density at radius 1 is 0.440 bits per heavy atom. The minimum Gasteiger partial charge on any atom is -0.457 e. The minimum absolute atomic E-state index is 0.0599. The summed E-state index contributed by atoms with van der Waals surface area (Å²) in [6, 6.07) is 0. The van der Waals surface area contributed by atoms with Gasteiger partial charge in [-0.1, -0.05) is 204 Å². The number of aliphatic hydroxyl groups excluding tert-OH is 7. The van der Waals surface area contributed by atoms with Crippen molar-refractivity contribution in [2.45, 2.75) is 313 Å². The molecule has 7 N–H and O–H groups in total. The third-order valence-corrected chi connectivity index (χ3v) is 14.6. The summed E-state index contributed by atoms with van der Waals surface area (Å²) < 4.78 is 34.4. The Balaban J connectivity index is 1.68. The zero-order chi connectivity index (χ0) is 54.4. The Hall–Kier alpha value is -1.79. The second-order valence-corrected chi connectivity index (χ2v) is 21.5. The number of hydrogen-bond donors (Lipinski definition) is 7. The molecule has 2 fully saturated rings. The van der Waals surface area contributed by atoms with Crippen LogP contribution in [-0.4, -0.2) is 142 Å². The van der Waals surface area contributed by atoms with Crippen LogP contribution in [0.2, 0.25) is 0 Å². The third kappa shape index (κ3) is 34.7. The van der Waals surface area contributed by atoms with E-state index in [9.17, 15) is 40.5 Å².